The van der Waals surface area contributed by atoms with Gasteiger partial charge in [-0.15, -0.1) is 11.3 Å². The Morgan fingerprint density at radius 2 is 2.11 bits per heavy atom. The number of piperazine rings is 1. The van der Waals surface area contributed by atoms with Crippen molar-refractivity contribution in [1.82, 2.24) is 20.5 Å². The van der Waals surface area contributed by atoms with Gasteiger partial charge < -0.3 is 20.5 Å². The molecular formula is C23H25BrFN5O4S. The molecule has 0 bridgehead atoms. The van der Waals surface area contributed by atoms with Crippen LogP contribution in [-0.2, 0) is 20.7 Å². The molecule has 1 aromatic carbocycles. The lowest BCUT2D eigenvalue weighted by Gasteiger charge is -2.32. The molecule has 2 aromatic rings. The molecule has 3 N–H and O–H groups in total. The van der Waals surface area contributed by atoms with Gasteiger partial charge in [0.15, 0.2) is 10.8 Å². The van der Waals surface area contributed by atoms with Crippen molar-refractivity contribution in [2.24, 2.45) is 4.99 Å². The topological polar surface area (TPSA) is 116 Å². The Morgan fingerprint density at radius 1 is 1.34 bits per heavy atom. The number of halogens is 2. The van der Waals surface area contributed by atoms with Crippen molar-refractivity contribution in [3.8, 4) is 0 Å². The maximum Gasteiger partial charge on any atom is 0.338 e. The summed E-state index contributed by atoms with van der Waals surface area (Å²) in [5, 5.41) is 17.9. The highest BCUT2D eigenvalue weighted by Gasteiger charge is 2.34. The number of rotatable bonds is 8. The van der Waals surface area contributed by atoms with E-state index < -0.39 is 23.8 Å². The fourth-order valence-corrected chi connectivity index (χ4v) is 5.31. The largest absolute Gasteiger partial charge is 0.481 e. The van der Waals surface area contributed by atoms with E-state index in [1.165, 1.54) is 23.5 Å². The molecule has 4 rings (SSSR count). The second-order valence-corrected chi connectivity index (χ2v) is 9.74. The van der Waals surface area contributed by atoms with E-state index in [2.05, 4.69) is 36.4 Å². The molecule has 1 fully saturated rings. The van der Waals surface area contributed by atoms with Crippen molar-refractivity contribution in [3.63, 3.8) is 0 Å². The number of ether oxygens (including phenoxy) is 1. The van der Waals surface area contributed by atoms with Crippen molar-refractivity contribution in [2.75, 3.05) is 39.3 Å². The molecule has 3 heterocycles. The molecule has 0 spiro atoms. The van der Waals surface area contributed by atoms with E-state index in [9.17, 15) is 14.0 Å². The number of hydrogen-bond acceptors (Lipinski definition) is 9. The molecule has 1 aromatic heterocycles. The highest BCUT2D eigenvalue weighted by atomic mass is 79.9. The number of esters is 1. The second-order valence-electron chi connectivity index (χ2n) is 8.02. The first-order valence-corrected chi connectivity index (χ1v) is 12.8. The summed E-state index contributed by atoms with van der Waals surface area (Å²) < 4.78 is 19.7. The minimum absolute atomic E-state index is 0.197. The third-order valence-electron chi connectivity index (χ3n) is 5.56. The SMILES string of the molecule is CCOC(=O)C1=C(CN2CCNCC2)NC(c2nc(CC(=O)O)cs2)=NC1c1ccc(F)cc1Br. The molecule has 1 atom stereocenters. The molecule has 0 saturated carbocycles. The first-order valence-electron chi connectivity index (χ1n) is 11.1. The lowest BCUT2D eigenvalue weighted by atomic mass is 9.95. The van der Waals surface area contributed by atoms with Gasteiger partial charge in [-0.2, -0.15) is 0 Å². The van der Waals surface area contributed by atoms with Gasteiger partial charge in [-0.05, 0) is 24.6 Å². The van der Waals surface area contributed by atoms with Gasteiger partial charge in [0, 0.05) is 48.3 Å². The Hall–Kier alpha value is -2.67. The number of aliphatic imine (C=N–C) groups is 1. The molecule has 12 heteroatoms. The minimum Gasteiger partial charge on any atom is -0.481 e. The summed E-state index contributed by atoms with van der Waals surface area (Å²) in [5.41, 5.74) is 2.01. The first kappa shape index (κ1) is 25.4. The van der Waals surface area contributed by atoms with Crippen LogP contribution in [0, 0.1) is 5.82 Å². The highest BCUT2D eigenvalue weighted by molar-refractivity contribution is 9.10. The predicted molar refractivity (Wildman–Crippen MR) is 133 cm³/mol. The van der Waals surface area contributed by atoms with Crippen LogP contribution in [-0.4, -0.2) is 72.1 Å². The summed E-state index contributed by atoms with van der Waals surface area (Å²) >= 11 is 4.69. The number of amidine groups is 1. The Bertz CT molecular complexity index is 1180. The average Bonchev–Trinajstić information content (AvgIpc) is 3.27. The van der Waals surface area contributed by atoms with E-state index in [1.54, 1.807) is 18.4 Å². The Labute approximate surface area is 214 Å². The van der Waals surface area contributed by atoms with Crippen LogP contribution in [0.1, 0.15) is 29.2 Å². The summed E-state index contributed by atoms with van der Waals surface area (Å²) in [6.07, 6.45) is -0.200. The fraction of sp³-hybridized carbons (Fsp3) is 0.391. The van der Waals surface area contributed by atoms with E-state index in [4.69, 9.17) is 14.8 Å². The standard InChI is InChI=1S/C23H25BrFN5O4S/c1-2-34-23(33)19-17(11-30-7-5-26-6-8-30)28-21(22-27-14(12-35-22)10-18(31)32)29-20(19)15-4-3-13(25)9-16(15)24/h3-4,9,12,20,26H,2,5-8,10-11H2,1H3,(H,28,29)(H,31,32). The van der Waals surface area contributed by atoms with Crippen molar-refractivity contribution < 1.29 is 23.8 Å². The van der Waals surface area contributed by atoms with Crippen LogP contribution in [0.5, 0.6) is 0 Å². The summed E-state index contributed by atoms with van der Waals surface area (Å²) in [6, 6.07) is 3.48. The van der Waals surface area contributed by atoms with E-state index in [0.29, 0.717) is 44.4 Å². The number of carbonyl (C=O) groups excluding carboxylic acids is 1. The predicted octanol–water partition coefficient (Wildman–Crippen LogP) is 2.49. The van der Waals surface area contributed by atoms with Crippen LogP contribution in [0.25, 0.3) is 0 Å². The number of thiazole rings is 1. The number of hydrogen-bond donors (Lipinski definition) is 3. The molecule has 2 aliphatic heterocycles. The van der Waals surface area contributed by atoms with Gasteiger partial charge in [-0.25, -0.2) is 14.2 Å². The number of nitrogens with one attached hydrogen (secondary N) is 2. The van der Waals surface area contributed by atoms with Crippen LogP contribution in [0.3, 0.4) is 0 Å². The molecule has 9 nitrogen and oxygen atoms in total. The van der Waals surface area contributed by atoms with Crippen LogP contribution in [0.4, 0.5) is 4.39 Å². The van der Waals surface area contributed by atoms with E-state index in [1.807, 2.05) is 0 Å². The number of nitrogens with zero attached hydrogens (tertiary/aromatic N) is 3. The maximum absolute atomic E-state index is 13.9. The lowest BCUT2D eigenvalue weighted by Crippen LogP contribution is -2.47. The van der Waals surface area contributed by atoms with E-state index >= 15 is 0 Å². The Kier molecular flexibility index (Phi) is 8.26. The maximum atomic E-state index is 13.9. The van der Waals surface area contributed by atoms with Crippen molar-refractivity contribution in [1.29, 1.82) is 0 Å². The monoisotopic (exact) mass is 565 g/mol. The van der Waals surface area contributed by atoms with Gasteiger partial charge in [-0.3, -0.25) is 14.7 Å². The number of aliphatic carboxylic acids is 1. The second kappa shape index (κ2) is 11.4. The molecule has 2 aliphatic rings. The zero-order chi connectivity index (χ0) is 24.9. The van der Waals surface area contributed by atoms with Gasteiger partial charge in [-0.1, -0.05) is 22.0 Å². The molecule has 0 aliphatic carbocycles. The Morgan fingerprint density at radius 3 is 2.80 bits per heavy atom. The summed E-state index contributed by atoms with van der Waals surface area (Å²) in [7, 11) is 0. The van der Waals surface area contributed by atoms with Gasteiger partial charge in [0.25, 0.3) is 0 Å². The van der Waals surface area contributed by atoms with Gasteiger partial charge in [0.05, 0.1) is 24.3 Å². The third kappa shape index (κ3) is 6.13. The number of carboxylic acids is 1. The number of carbonyl (C=O) groups is 2. The third-order valence-corrected chi connectivity index (χ3v) is 7.14. The number of carboxylic acid groups (broad SMARTS) is 1. The van der Waals surface area contributed by atoms with Crippen LogP contribution >= 0.6 is 27.3 Å². The van der Waals surface area contributed by atoms with E-state index in [0.717, 1.165) is 26.2 Å². The van der Waals surface area contributed by atoms with Crippen molar-refractivity contribution in [2.45, 2.75) is 19.4 Å². The van der Waals surface area contributed by atoms with Crippen LogP contribution in [0.15, 0.2) is 44.3 Å². The minimum atomic E-state index is -0.975. The zero-order valence-corrected chi connectivity index (χ0v) is 21.4. The lowest BCUT2D eigenvalue weighted by molar-refractivity contribution is -0.139. The van der Waals surface area contributed by atoms with Crippen molar-refractivity contribution >= 4 is 45.0 Å². The molecule has 186 valence electrons. The quantitative estimate of drug-likeness (QED) is 0.418. The molecule has 0 radical (unpaired) electrons. The summed E-state index contributed by atoms with van der Waals surface area (Å²) in [4.78, 5) is 35.8. The molecule has 1 saturated heterocycles. The fourth-order valence-electron chi connectivity index (χ4n) is 3.97. The summed E-state index contributed by atoms with van der Waals surface area (Å²) in [5.74, 6) is -1.47. The number of benzene rings is 1. The zero-order valence-electron chi connectivity index (χ0n) is 19.0. The highest BCUT2D eigenvalue weighted by Crippen LogP contribution is 2.37. The van der Waals surface area contributed by atoms with Gasteiger partial charge in [0.2, 0.25) is 0 Å². The van der Waals surface area contributed by atoms with Crippen molar-refractivity contribution in [3.05, 3.63) is 61.4 Å². The van der Waals surface area contributed by atoms with Crippen LogP contribution in [0.2, 0.25) is 0 Å². The Balaban J connectivity index is 1.80. The molecule has 1 unspecified atom stereocenters. The average molecular weight is 566 g/mol. The summed E-state index contributed by atoms with van der Waals surface area (Å²) in [6.45, 7) is 5.67. The first-order chi connectivity index (χ1) is 16.9. The number of aromatic nitrogens is 1. The normalized spacial score (nSPS) is 18.7. The van der Waals surface area contributed by atoms with Gasteiger partial charge >= 0.3 is 11.9 Å². The molecule has 35 heavy (non-hydrogen) atoms. The molecule has 0 amide bonds. The van der Waals surface area contributed by atoms with Gasteiger partial charge in [0.1, 0.15) is 11.9 Å². The van der Waals surface area contributed by atoms with Crippen LogP contribution < -0.4 is 10.6 Å². The molecular weight excluding hydrogens is 541 g/mol. The smallest absolute Gasteiger partial charge is 0.338 e. The van der Waals surface area contributed by atoms with E-state index in [-0.39, 0.29) is 13.0 Å².